The van der Waals surface area contributed by atoms with E-state index in [4.69, 9.17) is 0 Å². The minimum atomic E-state index is -3.06. The molecule has 2 fully saturated rings. The lowest BCUT2D eigenvalue weighted by Gasteiger charge is -2.22. The Morgan fingerprint density at radius 1 is 1.06 bits per heavy atom. The summed E-state index contributed by atoms with van der Waals surface area (Å²) in [7, 11) is -3.06. The van der Waals surface area contributed by atoms with Gasteiger partial charge in [0.15, 0.2) is 0 Å². The summed E-state index contributed by atoms with van der Waals surface area (Å²) in [6, 6.07) is 0. The van der Waals surface area contributed by atoms with Gasteiger partial charge in [0.2, 0.25) is 10.0 Å². The Bertz CT molecular complexity index is 331. The summed E-state index contributed by atoms with van der Waals surface area (Å²) >= 11 is 0. The molecule has 0 aromatic carbocycles. The van der Waals surface area contributed by atoms with Crippen LogP contribution in [0.3, 0.4) is 0 Å². The quantitative estimate of drug-likeness (QED) is 0.771. The molecule has 2 N–H and O–H groups in total. The fraction of sp³-hybridized carbons (Fsp3) is 1.00. The number of rotatable bonds is 6. The summed E-state index contributed by atoms with van der Waals surface area (Å²) in [5.74, 6) is 1.34. The summed E-state index contributed by atoms with van der Waals surface area (Å²) in [6.07, 6.45) is 8.37. The van der Waals surface area contributed by atoms with Crippen molar-refractivity contribution in [3.8, 4) is 0 Å². The van der Waals surface area contributed by atoms with Crippen molar-refractivity contribution in [1.29, 1.82) is 0 Å². The molecule has 1 atom stereocenters. The minimum Gasteiger partial charge on any atom is -0.316 e. The second kappa shape index (κ2) is 6.87. The molecule has 1 heterocycles. The molecule has 2 rings (SSSR count). The molecule has 4 nitrogen and oxygen atoms in total. The first-order valence-corrected chi connectivity index (χ1v) is 8.99. The van der Waals surface area contributed by atoms with Gasteiger partial charge in [-0.15, -0.1) is 0 Å². The lowest BCUT2D eigenvalue weighted by Crippen LogP contribution is -2.38. The van der Waals surface area contributed by atoms with Gasteiger partial charge in [0, 0.05) is 6.54 Å². The molecule has 1 aliphatic heterocycles. The Morgan fingerprint density at radius 2 is 1.78 bits per heavy atom. The number of hydrogen-bond acceptors (Lipinski definition) is 3. The third-order valence-corrected chi connectivity index (χ3v) is 5.76. The zero-order valence-corrected chi connectivity index (χ0v) is 12.0. The van der Waals surface area contributed by atoms with Crippen LogP contribution in [0.5, 0.6) is 0 Å². The maximum Gasteiger partial charge on any atom is 0.211 e. The van der Waals surface area contributed by atoms with Gasteiger partial charge in [-0.05, 0) is 44.2 Å². The molecule has 0 aromatic heterocycles. The Balaban J connectivity index is 1.66. The molecule has 5 heteroatoms. The van der Waals surface area contributed by atoms with E-state index in [0.717, 1.165) is 38.3 Å². The van der Waals surface area contributed by atoms with E-state index in [1.54, 1.807) is 0 Å². The van der Waals surface area contributed by atoms with Crippen molar-refractivity contribution in [3.05, 3.63) is 0 Å². The Kier molecular flexibility index (Phi) is 5.45. The molecule has 0 aromatic rings. The Morgan fingerprint density at radius 3 is 2.44 bits per heavy atom. The summed E-state index contributed by atoms with van der Waals surface area (Å²) in [5.41, 5.74) is 0. The summed E-state index contributed by atoms with van der Waals surface area (Å²) in [6.45, 7) is 2.52. The number of sulfonamides is 1. The second-order valence-corrected chi connectivity index (χ2v) is 7.68. The predicted molar refractivity (Wildman–Crippen MR) is 74.0 cm³/mol. The predicted octanol–water partition coefficient (Wildman–Crippen LogP) is 1.49. The molecule has 0 radical (unpaired) electrons. The van der Waals surface area contributed by atoms with E-state index < -0.39 is 10.0 Å². The fourth-order valence-electron chi connectivity index (χ4n) is 3.15. The van der Waals surface area contributed by atoms with Gasteiger partial charge in [0.25, 0.3) is 0 Å². The number of piperidine rings is 1. The third kappa shape index (κ3) is 4.86. The third-order valence-electron chi connectivity index (χ3n) is 4.20. The summed E-state index contributed by atoms with van der Waals surface area (Å²) in [5, 5.41) is 3.27. The fourth-order valence-corrected chi connectivity index (χ4v) is 4.60. The van der Waals surface area contributed by atoms with Crippen molar-refractivity contribution in [2.45, 2.75) is 44.9 Å². The van der Waals surface area contributed by atoms with Crippen LogP contribution >= 0.6 is 0 Å². The van der Waals surface area contributed by atoms with Gasteiger partial charge in [0.1, 0.15) is 0 Å². The van der Waals surface area contributed by atoms with Gasteiger partial charge in [-0.25, -0.2) is 13.1 Å². The summed E-state index contributed by atoms with van der Waals surface area (Å²) in [4.78, 5) is 0. The molecule has 18 heavy (non-hydrogen) atoms. The highest BCUT2D eigenvalue weighted by atomic mass is 32.2. The first kappa shape index (κ1) is 14.3. The molecule has 1 unspecified atom stereocenters. The van der Waals surface area contributed by atoms with Crippen LogP contribution in [0.4, 0.5) is 0 Å². The van der Waals surface area contributed by atoms with E-state index in [-0.39, 0.29) is 0 Å². The van der Waals surface area contributed by atoms with Crippen molar-refractivity contribution in [1.82, 2.24) is 10.0 Å². The minimum absolute atomic E-state index is 0.294. The van der Waals surface area contributed by atoms with Gasteiger partial charge in [-0.2, -0.15) is 0 Å². The highest BCUT2D eigenvalue weighted by molar-refractivity contribution is 7.89. The normalized spacial score (nSPS) is 26.6. The van der Waals surface area contributed by atoms with Crippen LogP contribution in [-0.2, 0) is 10.0 Å². The average molecular weight is 274 g/mol. The smallest absolute Gasteiger partial charge is 0.211 e. The van der Waals surface area contributed by atoms with Crippen LogP contribution in [0.15, 0.2) is 0 Å². The van der Waals surface area contributed by atoms with Crippen molar-refractivity contribution in [2.24, 2.45) is 11.8 Å². The van der Waals surface area contributed by atoms with Crippen LogP contribution in [0.2, 0.25) is 0 Å². The second-order valence-electron chi connectivity index (χ2n) is 5.83. The highest BCUT2D eigenvalue weighted by Crippen LogP contribution is 2.27. The van der Waals surface area contributed by atoms with Crippen LogP contribution in [0, 0.1) is 11.8 Å². The molecule has 0 spiro atoms. The Labute approximate surface area is 111 Å². The molecule has 1 saturated carbocycles. The maximum absolute atomic E-state index is 11.9. The van der Waals surface area contributed by atoms with Crippen LogP contribution < -0.4 is 10.0 Å². The molecular formula is C13H26N2O2S. The van der Waals surface area contributed by atoms with Gasteiger partial charge in [0.05, 0.1) is 5.75 Å². The van der Waals surface area contributed by atoms with Crippen LogP contribution in [0.1, 0.15) is 44.9 Å². The lowest BCUT2D eigenvalue weighted by molar-refractivity contribution is 0.402. The molecule has 0 amide bonds. The SMILES string of the molecule is O=S(=O)(CC1CCCNC1)NCCC1CCCC1. The molecule has 1 aliphatic carbocycles. The van der Waals surface area contributed by atoms with Crippen molar-refractivity contribution < 1.29 is 8.42 Å². The molecular weight excluding hydrogens is 248 g/mol. The van der Waals surface area contributed by atoms with E-state index in [1.165, 1.54) is 25.7 Å². The van der Waals surface area contributed by atoms with Crippen LogP contribution in [0.25, 0.3) is 0 Å². The zero-order valence-electron chi connectivity index (χ0n) is 11.2. The topological polar surface area (TPSA) is 58.2 Å². The van der Waals surface area contributed by atoms with Crippen molar-refractivity contribution in [2.75, 3.05) is 25.4 Å². The maximum atomic E-state index is 11.9. The van der Waals surface area contributed by atoms with E-state index in [9.17, 15) is 8.42 Å². The highest BCUT2D eigenvalue weighted by Gasteiger charge is 2.21. The van der Waals surface area contributed by atoms with Gasteiger partial charge < -0.3 is 5.32 Å². The molecule has 1 saturated heterocycles. The van der Waals surface area contributed by atoms with Crippen molar-refractivity contribution >= 4 is 10.0 Å². The van der Waals surface area contributed by atoms with Crippen LogP contribution in [-0.4, -0.2) is 33.8 Å². The monoisotopic (exact) mass is 274 g/mol. The first-order valence-electron chi connectivity index (χ1n) is 7.34. The van der Waals surface area contributed by atoms with Crippen molar-refractivity contribution in [3.63, 3.8) is 0 Å². The average Bonchev–Trinajstić information content (AvgIpc) is 2.82. The van der Waals surface area contributed by atoms with Gasteiger partial charge >= 0.3 is 0 Å². The largest absolute Gasteiger partial charge is 0.316 e. The number of nitrogens with one attached hydrogen (secondary N) is 2. The Hall–Kier alpha value is -0.130. The van der Waals surface area contributed by atoms with E-state index in [1.807, 2.05) is 0 Å². The molecule has 0 bridgehead atoms. The lowest BCUT2D eigenvalue weighted by atomic mass is 10.0. The molecule has 106 valence electrons. The standard InChI is InChI=1S/C13H26N2O2S/c16-18(17,11-13-6-3-8-14-10-13)15-9-7-12-4-1-2-5-12/h12-15H,1-11H2. The number of hydrogen-bond donors (Lipinski definition) is 2. The van der Waals surface area contributed by atoms with E-state index >= 15 is 0 Å². The van der Waals surface area contributed by atoms with Gasteiger partial charge in [-0.3, -0.25) is 0 Å². The first-order chi connectivity index (χ1) is 8.66. The van der Waals surface area contributed by atoms with E-state index in [0.29, 0.717) is 18.2 Å². The van der Waals surface area contributed by atoms with Gasteiger partial charge in [-0.1, -0.05) is 25.7 Å². The molecule has 2 aliphatic rings. The summed E-state index contributed by atoms with van der Waals surface area (Å²) < 4.78 is 26.6. The van der Waals surface area contributed by atoms with E-state index in [2.05, 4.69) is 10.0 Å². The zero-order chi connectivity index (χ0) is 12.8.